The van der Waals surface area contributed by atoms with E-state index in [9.17, 15) is 22.8 Å². The summed E-state index contributed by atoms with van der Waals surface area (Å²) in [5.41, 5.74) is 0.833. The molecule has 0 fully saturated rings. The van der Waals surface area contributed by atoms with E-state index in [2.05, 4.69) is 10.1 Å². The van der Waals surface area contributed by atoms with Crippen molar-refractivity contribution in [2.75, 3.05) is 0 Å². The molecule has 0 aliphatic rings. The molecule has 0 saturated carbocycles. The van der Waals surface area contributed by atoms with Gasteiger partial charge in [-0.05, 0) is 60.5 Å². The van der Waals surface area contributed by atoms with Gasteiger partial charge in [0.15, 0.2) is 0 Å². The van der Waals surface area contributed by atoms with Crippen LogP contribution in [0.3, 0.4) is 0 Å². The van der Waals surface area contributed by atoms with Gasteiger partial charge in [0.1, 0.15) is 23.9 Å². The Morgan fingerprint density at radius 2 is 1.50 bits per heavy atom. The highest BCUT2D eigenvalue weighted by Crippen LogP contribution is 2.31. The molecule has 1 unspecified atom stereocenters. The summed E-state index contributed by atoms with van der Waals surface area (Å²) in [7, 11) is 0. The molecule has 0 saturated heterocycles. The van der Waals surface area contributed by atoms with E-state index >= 15 is 0 Å². The SMILES string of the molecule is CC(Sc1ccc(Oc2ccc(OC(F)(F)F)cc2)cc1)[C@H](CCC(=O)O)NC(=O)OCc1ccccc1. The first-order valence-electron chi connectivity index (χ1n) is 11.6. The van der Waals surface area contributed by atoms with Gasteiger partial charge in [-0.2, -0.15) is 0 Å². The molecule has 11 heteroatoms. The Kier molecular flexibility index (Phi) is 10.3. The van der Waals surface area contributed by atoms with Gasteiger partial charge >= 0.3 is 18.4 Å². The Morgan fingerprint density at radius 1 is 0.921 bits per heavy atom. The van der Waals surface area contributed by atoms with Crippen molar-refractivity contribution >= 4 is 23.8 Å². The number of thioether (sulfide) groups is 1. The van der Waals surface area contributed by atoms with E-state index in [1.165, 1.54) is 23.9 Å². The topological polar surface area (TPSA) is 94.1 Å². The largest absolute Gasteiger partial charge is 0.573 e. The van der Waals surface area contributed by atoms with Crippen LogP contribution in [-0.4, -0.2) is 34.8 Å². The molecule has 1 amide bonds. The first kappa shape index (κ1) is 28.7. The van der Waals surface area contributed by atoms with E-state index < -0.39 is 24.5 Å². The lowest BCUT2D eigenvalue weighted by atomic mass is 10.1. The van der Waals surface area contributed by atoms with Crippen LogP contribution in [0.25, 0.3) is 0 Å². The first-order chi connectivity index (χ1) is 18.1. The van der Waals surface area contributed by atoms with Gasteiger partial charge in [-0.3, -0.25) is 4.79 Å². The molecule has 3 aromatic rings. The lowest BCUT2D eigenvalue weighted by molar-refractivity contribution is -0.274. The van der Waals surface area contributed by atoms with Crippen LogP contribution in [0.5, 0.6) is 17.2 Å². The van der Waals surface area contributed by atoms with Crippen molar-refractivity contribution in [1.29, 1.82) is 0 Å². The third-order valence-electron chi connectivity index (χ3n) is 5.19. The third-order valence-corrected chi connectivity index (χ3v) is 6.44. The fourth-order valence-electron chi connectivity index (χ4n) is 3.35. The zero-order valence-corrected chi connectivity index (χ0v) is 21.1. The summed E-state index contributed by atoms with van der Waals surface area (Å²) in [5, 5.41) is 11.7. The van der Waals surface area contributed by atoms with Gasteiger partial charge in [0.2, 0.25) is 0 Å². The zero-order chi connectivity index (χ0) is 27.5. The summed E-state index contributed by atoms with van der Waals surface area (Å²) in [5.74, 6) is -0.511. The Balaban J connectivity index is 1.55. The summed E-state index contributed by atoms with van der Waals surface area (Å²) in [6.45, 7) is 1.98. The van der Waals surface area contributed by atoms with Gasteiger partial charge in [-0.25, -0.2) is 4.79 Å². The van der Waals surface area contributed by atoms with E-state index in [0.29, 0.717) is 11.5 Å². The second kappa shape index (κ2) is 13.6. The van der Waals surface area contributed by atoms with E-state index in [1.54, 1.807) is 24.3 Å². The lowest BCUT2D eigenvalue weighted by Crippen LogP contribution is -2.41. The van der Waals surface area contributed by atoms with Crippen LogP contribution >= 0.6 is 11.8 Å². The number of hydrogen-bond acceptors (Lipinski definition) is 6. The van der Waals surface area contributed by atoms with Crippen molar-refractivity contribution in [3.8, 4) is 17.2 Å². The average molecular weight is 550 g/mol. The third kappa shape index (κ3) is 10.3. The number of carbonyl (C=O) groups excluding carboxylic acids is 1. The van der Waals surface area contributed by atoms with Crippen LogP contribution in [0.4, 0.5) is 18.0 Å². The predicted molar refractivity (Wildman–Crippen MR) is 135 cm³/mol. The smallest absolute Gasteiger partial charge is 0.481 e. The van der Waals surface area contributed by atoms with Crippen molar-refractivity contribution < 1.29 is 42.1 Å². The molecule has 3 rings (SSSR count). The number of amides is 1. The highest BCUT2D eigenvalue weighted by molar-refractivity contribution is 8.00. The maximum absolute atomic E-state index is 12.4. The number of carboxylic acids is 1. The summed E-state index contributed by atoms with van der Waals surface area (Å²) in [6.07, 6.45) is -5.29. The monoisotopic (exact) mass is 549 g/mol. The Bertz CT molecular complexity index is 1170. The highest BCUT2D eigenvalue weighted by atomic mass is 32.2. The van der Waals surface area contributed by atoms with Gasteiger partial charge in [0, 0.05) is 22.6 Å². The summed E-state index contributed by atoms with van der Waals surface area (Å²) >= 11 is 1.44. The molecule has 2 N–H and O–H groups in total. The van der Waals surface area contributed by atoms with Crippen LogP contribution in [0.15, 0.2) is 83.8 Å². The van der Waals surface area contributed by atoms with Crippen LogP contribution in [0, 0.1) is 0 Å². The quantitative estimate of drug-likeness (QED) is 0.235. The molecule has 0 spiro atoms. The Morgan fingerprint density at radius 3 is 2.08 bits per heavy atom. The highest BCUT2D eigenvalue weighted by Gasteiger charge is 2.31. The maximum atomic E-state index is 12.4. The minimum Gasteiger partial charge on any atom is -0.481 e. The average Bonchev–Trinajstić information content (AvgIpc) is 2.87. The minimum atomic E-state index is -4.77. The number of alkyl carbamates (subject to hydrolysis) is 1. The van der Waals surface area contributed by atoms with Crippen molar-refractivity contribution in [3.05, 3.63) is 84.4 Å². The molecule has 3 aromatic carbocycles. The van der Waals surface area contributed by atoms with Gasteiger partial charge < -0.3 is 24.6 Å². The van der Waals surface area contributed by atoms with Crippen LogP contribution < -0.4 is 14.8 Å². The summed E-state index contributed by atoms with van der Waals surface area (Å²) in [6, 6.07) is 20.7. The van der Waals surface area contributed by atoms with Crippen molar-refractivity contribution in [2.24, 2.45) is 0 Å². The van der Waals surface area contributed by atoms with Crippen LogP contribution in [0.1, 0.15) is 25.3 Å². The number of ether oxygens (including phenoxy) is 3. The van der Waals surface area contributed by atoms with Crippen LogP contribution in [0.2, 0.25) is 0 Å². The van der Waals surface area contributed by atoms with Gasteiger partial charge in [-0.15, -0.1) is 24.9 Å². The first-order valence-corrected chi connectivity index (χ1v) is 12.4. The molecule has 0 aliphatic carbocycles. The lowest BCUT2D eigenvalue weighted by Gasteiger charge is -2.24. The summed E-state index contributed by atoms with van der Waals surface area (Å²) < 4.78 is 51.7. The Labute approximate surface area is 221 Å². The number of aliphatic carboxylic acids is 1. The van der Waals surface area contributed by atoms with Gasteiger partial charge in [0.25, 0.3) is 0 Å². The number of carbonyl (C=O) groups is 2. The zero-order valence-electron chi connectivity index (χ0n) is 20.3. The number of carboxylic acid groups (broad SMARTS) is 1. The van der Waals surface area contributed by atoms with Crippen molar-refractivity contribution in [2.45, 2.75) is 48.9 Å². The molecule has 7 nitrogen and oxygen atoms in total. The molecule has 0 heterocycles. The fourth-order valence-corrected chi connectivity index (χ4v) is 4.44. The molecule has 202 valence electrons. The summed E-state index contributed by atoms with van der Waals surface area (Å²) in [4.78, 5) is 24.3. The Hall–Kier alpha value is -3.86. The number of halogens is 3. The van der Waals surface area contributed by atoms with E-state index in [-0.39, 0.29) is 30.4 Å². The molecule has 0 aliphatic heterocycles. The number of hydrogen-bond donors (Lipinski definition) is 2. The standard InChI is InChI=1S/C27H26F3NO6S/c1-18(24(15-16-25(32)33)31-26(34)35-17-19-5-3-2-4-6-19)38-23-13-11-21(12-14-23)36-20-7-9-22(10-8-20)37-27(28,29)30/h2-14,18,24H,15-17H2,1H3,(H,31,34)(H,32,33)/t18?,24-/m0/s1. The molecular weight excluding hydrogens is 523 g/mol. The second-order valence-corrected chi connectivity index (χ2v) is 9.61. The van der Waals surface area contributed by atoms with Crippen molar-refractivity contribution in [1.82, 2.24) is 5.32 Å². The van der Waals surface area contributed by atoms with E-state index in [0.717, 1.165) is 22.6 Å². The number of rotatable bonds is 12. The molecule has 38 heavy (non-hydrogen) atoms. The van der Waals surface area contributed by atoms with Crippen molar-refractivity contribution in [3.63, 3.8) is 0 Å². The minimum absolute atomic E-state index is 0.0966. The molecule has 2 atom stereocenters. The normalized spacial score (nSPS) is 12.7. The van der Waals surface area contributed by atoms with E-state index in [1.807, 2.05) is 37.3 Å². The number of alkyl halides is 3. The maximum Gasteiger partial charge on any atom is 0.573 e. The molecule has 0 aromatic heterocycles. The molecular formula is C27H26F3NO6S. The van der Waals surface area contributed by atoms with Crippen LogP contribution in [-0.2, 0) is 16.1 Å². The molecule has 0 bridgehead atoms. The second-order valence-electron chi connectivity index (χ2n) is 8.16. The fraction of sp³-hybridized carbons (Fsp3) is 0.259. The van der Waals surface area contributed by atoms with Gasteiger partial charge in [-0.1, -0.05) is 37.3 Å². The van der Waals surface area contributed by atoms with E-state index in [4.69, 9.17) is 14.6 Å². The number of nitrogens with one attached hydrogen (secondary N) is 1. The van der Waals surface area contributed by atoms with Gasteiger partial charge in [0.05, 0.1) is 0 Å². The molecule has 0 radical (unpaired) electrons. The number of benzene rings is 3. The predicted octanol–water partition coefficient (Wildman–Crippen LogP) is 7.02.